The number of rotatable bonds is 5. The second-order valence-electron chi connectivity index (χ2n) is 5.43. The highest BCUT2D eigenvalue weighted by molar-refractivity contribution is 5.53. The fourth-order valence-electron chi connectivity index (χ4n) is 2.88. The first-order chi connectivity index (χ1) is 9.13. The third kappa shape index (κ3) is 3.25. The Morgan fingerprint density at radius 3 is 2.89 bits per heavy atom. The molecule has 1 aromatic rings. The number of nitrogens with zero attached hydrogens (tertiary/aromatic N) is 2. The zero-order chi connectivity index (χ0) is 13.8. The highest BCUT2D eigenvalue weighted by atomic mass is 19.1. The van der Waals surface area contributed by atoms with E-state index in [1.54, 1.807) is 6.07 Å². The van der Waals surface area contributed by atoms with Crippen LogP contribution in [-0.2, 0) is 6.54 Å². The van der Waals surface area contributed by atoms with Gasteiger partial charge in [-0.3, -0.25) is 0 Å². The fourth-order valence-corrected chi connectivity index (χ4v) is 2.88. The van der Waals surface area contributed by atoms with E-state index in [1.165, 1.54) is 25.5 Å². The minimum atomic E-state index is -0.126. The summed E-state index contributed by atoms with van der Waals surface area (Å²) in [7, 11) is 6.08. The third-order valence-corrected chi connectivity index (χ3v) is 4.02. The van der Waals surface area contributed by atoms with Crippen LogP contribution in [0.2, 0.25) is 0 Å². The largest absolute Gasteiger partial charge is 0.373 e. The van der Waals surface area contributed by atoms with Crippen LogP contribution in [0.25, 0.3) is 0 Å². The van der Waals surface area contributed by atoms with Crippen LogP contribution >= 0.6 is 0 Å². The highest BCUT2D eigenvalue weighted by Gasteiger charge is 2.23. The Labute approximate surface area is 115 Å². The van der Waals surface area contributed by atoms with Gasteiger partial charge in [-0.15, -0.1) is 0 Å². The van der Waals surface area contributed by atoms with Crippen molar-refractivity contribution < 1.29 is 4.39 Å². The maximum Gasteiger partial charge on any atom is 0.129 e. The molecular formula is C15H24FN3. The smallest absolute Gasteiger partial charge is 0.129 e. The number of benzene rings is 1. The molecule has 1 heterocycles. The van der Waals surface area contributed by atoms with Crippen molar-refractivity contribution >= 4 is 5.69 Å². The van der Waals surface area contributed by atoms with E-state index in [0.29, 0.717) is 12.6 Å². The number of nitrogens with one attached hydrogen (secondary N) is 1. The maximum atomic E-state index is 13.9. The first kappa shape index (κ1) is 14.3. The van der Waals surface area contributed by atoms with Gasteiger partial charge in [-0.25, -0.2) is 4.39 Å². The van der Waals surface area contributed by atoms with Crippen LogP contribution in [0.1, 0.15) is 18.4 Å². The van der Waals surface area contributed by atoms with E-state index in [-0.39, 0.29) is 5.82 Å². The zero-order valence-corrected chi connectivity index (χ0v) is 12.1. The van der Waals surface area contributed by atoms with Gasteiger partial charge in [-0.05, 0) is 45.6 Å². The van der Waals surface area contributed by atoms with Crippen molar-refractivity contribution in [2.75, 3.05) is 39.1 Å². The molecule has 1 unspecified atom stereocenters. The van der Waals surface area contributed by atoms with Crippen LogP contribution in [0, 0.1) is 5.82 Å². The topological polar surface area (TPSA) is 18.5 Å². The number of halogens is 1. The molecule has 0 aliphatic carbocycles. The molecule has 19 heavy (non-hydrogen) atoms. The molecule has 1 aliphatic heterocycles. The van der Waals surface area contributed by atoms with E-state index >= 15 is 0 Å². The van der Waals surface area contributed by atoms with Gasteiger partial charge in [0.2, 0.25) is 0 Å². The zero-order valence-electron chi connectivity index (χ0n) is 12.1. The summed E-state index contributed by atoms with van der Waals surface area (Å²) in [5.41, 5.74) is 1.75. The molecule has 1 fully saturated rings. The summed E-state index contributed by atoms with van der Waals surface area (Å²) < 4.78 is 13.9. The molecule has 106 valence electrons. The predicted octanol–water partition coefficient (Wildman–Crippen LogP) is 2.08. The van der Waals surface area contributed by atoms with E-state index in [2.05, 4.69) is 29.2 Å². The molecule has 3 nitrogen and oxygen atoms in total. The quantitative estimate of drug-likeness (QED) is 0.879. The summed E-state index contributed by atoms with van der Waals surface area (Å²) >= 11 is 0. The second kappa shape index (κ2) is 6.35. The second-order valence-corrected chi connectivity index (χ2v) is 5.43. The van der Waals surface area contributed by atoms with Gasteiger partial charge in [0.05, 0.1) is 0 Å². The predicted molar refractivity (Wildman–Crippen MR) is 78.1 cm³/mol. The Morgan fingerprint density at radius 1 is 1.47 bits per heavy atom. The van der Waals surface area contributed by atoms with Crippen molar-refractivity contribution in [1.29, 1.82) is 0 Å². The lowest BCUT2D eigenvalue weighted by molar-refractivity contribution is 0.314. The normalized spacial score (nSPS) is 19.9. The molecule has 0 spiro atoms. The van der Waals surface area contributed by atoms with Gasteiger partial charge in [0.15, 0.2) is 0 Å². The van der Waals surface area contributed by atoms with Crippen molar-refractivity contribution in [3.05, 3.63) is 29.6 Å². The average molecular weight is 265 g/mol. The minimum absolute atomic E-state index is 0.126. The molecule has 0 saturated carbocycles. The summed E-state index contributed by atoms with van der Waals surface area (Å²) in [6.07, 6.45) is 2.50. The van der Waals surface area contributed by atoms with E-state index in [9.17, 15) is 4.39 Å². The molecule has 2 rings (SSSR count). The molecule has 0 aromatic heterocycles. The molecule has 1 aliphatic rings. The molecule has 0 bridgehead atoms. The van der Waals surface area contributed by atoms with Gasteiger partial charge in [0, 0.05) is 37.4 Å². The molecule has 0 radical (unpaired) electrons. The Bertz CT molecular complexity index is 422. The van der Waals surface area contributed by atoms with Crippen molar-refractivity contribution in [2.24, 2.45) is 0 Å². The first-order valence-corrected chi connectivity index (χ1v) is 6.97. The highest BCUT2D eigenvalue weighted by Crippen LogP contribution is 2.24. The number of likely N-dealkylation sites (tertiary alicyclic amines) is 1. The standard InChI is InChI=1S/C15H24FN3/c1-17-10-13-14(16)7-4-8-15(13)19(3)11-12-6-5-9-18(12)2/h4,7-8,12,17H,5-6,9-11H2,1-3H3. The molecule has 0 amide bonds. The molecule has 1 atom stereocenters. The summed E-state index contributed by atoms with van der Waals surface area (Å²) in [5.74, 6) is -0.126. The van der Waals surface area contributed by atoms with Gasteiger partial charge in [0.1, 0.15) is 5.82 Å². The van der Waals surface area contributed by atoms with Gasteiger partial charge in [-0.2, -0.15) is 0 Å². The number of hydrogen-bond acceptors (Lipinski definition) is 3. The van der Waals surface area contributed by atoms with Gasteiger partial charge >= 0.3 is 0 Å². The van der Waals surface area contributed by atoms with Crippen molar-refractivity contribution in [3.63, 3.8) is 0 Å². The van der Waals surface area contributed by atoms with E-state index in [4.69, 9.17) is 0 Å². The summed E-state index contributed by atoms with van der Waals surface area (Å²) in [6, 6.07) is 5.91. The number of likely N-dealkylation sites (N-methyl/N-ethyl adjacent to an activating group) is 2. The van der Waals surface area contributed by atoms with Crippen LogP contribution < -0.4 is 10.2 Å². The van der Waals surface area contributed by atoms with Crippen LogP contribution in [-0.4, -0.2) is 45.2 Å². The number of anilines is 1. The number of hydrogen-bond donors (Lipinski definition) is 1. The van der Waals surface area contributed by atoms with Crippen LogP contribution in [0.3, 0.4) is 0 Å². The van der Waals surface area contributed by atoms with E-state index in [0.717, 1.165) is 17.8 Å². The Morgan fingerprint density at radius 2 is 2.26 bits per heavy atom. The van der Waals surface area contributed by atoms with Crippen molar-refractivity contribution in [3.8, 4) is 0 Å². The van der Waals surface area contributed by atoms with Gasteiger partial charge in [-0.1, -0.05) is 6.07 Å². The van der Waals surface area contributed by atoms with Crippen molar-refractivity contribution in [1.82, 2.24) is 10.2 Å². The van der Waals surface area contributed by atoms with E-state index in [1.807, 2.05) is 13.1 Å². The van der Waals surface area contributed by atoms with Gasteiger partial charge in [0.25, 0.3) is 0 Å². The van der Waals surface area contributed by atoms with Crippen LogP contribution in [0.4, 0.5) is 10.1 Å². The lowest BCUT2D eigenvalue weighted by atomic mass is 10.1. The molecular weight excluding hydrogens is 241 g/mol. The summed E-state index contributed by atoms with van der Waals surface area (Å²) in [6.45, 7) is 2.69. The third-order valence-electron chi connectivity index (χ3n) is 4.02. The molecule has 1 N–H and O–H groups in total. The monoisotopic (exact) mass is 265 g/mol. The Kier molecular flexibility index (Phi) is 4.77. The SMILES string of the molecule is CNCc1c(F)cccc1N(C)CC1CCCN1C. The average Bonchev–Trinajstić information content (AvgIpc) is 2.78. The summed E-state index contributed by atoms with van der Waals surface area (Å²) in [5, 5.41) is 3.05. The molecule has 1 aromatic carbocycles. The Hall–Kier alpha value is -1.13. The molecule has 1 saturated heterocycles. The minimum Gasteiger partial charge on any atom is -0.373 e. The lowest BCUT2D eigenvalue weighted by Crippen LogP contribution is -2.37. The summed E-state index contributed by atoms with van der Waals surface area (Å²) in [4.78, 5) is 4.58. The van der Waals surface area contributed by atoms with Gasteiger partial charge < -0.3 is 15.1 Å². The van der Waals surface area contributed by atoms with E-state index < -0.39 is 0 Å². The van der Waals surface area contributed by atoms with Crippen LogP contribution in [0.5, 0.6) is 0 Å². The first-order valence-electron chi connectivity index (χ1n) is 6.97. The van der Waals surface area contributed by atoms with Crippen molar-refractivity contribution in [2.45, 2.75) is 25.4 Å². The molecule has 4 heteroatoms. The Balaban J connectivity index is 2.13. The maximum absolute atomic E-state index is 13.9. The van der Waals surface area contributed by atoms with Crippen LogP contribution in [0.15, 0.2) is 18.2 Å². The lowest BCUT2D eigenvalue weighted by Gasteiger charge is -2.29. The fraction of sp³-hybridized carbons (Fsp3) is 0.600.